The van der Waals surface area contributed by atoms with Crippen LogP contribution in [0.15, 0.2) is 17.3 Å². The van der Waals surface area contributed by atoms with Gasteiger partial charge in [0, 0.05) is 25.8 Å². The fraction of sp³-hybridized carbons (Fsp3) is 0.769. The minimum atomic E-state index is -3.42. The number of hydrogen-bond donors (Lipinski definition) is 1. The Morgan fingerprint density at radius 3 is 2.85 bits per heavy atom. The van der Waals surface area contributed by atoms with E-state index in [1.54, 1.807) is 17.9 Å². The molecule has 114 valence electrons. The summed E-state index contributed by atoms with van der Waals surface area (Å²) < 4.78 is 28.2. The molecule has 1 saturated carbocycles. The van der Waals surface area contributed by atoms with Crippen LogP contribution in [0, 0.1) is 5.92 Å². The van der Waals surface area contributed by atoms with Crippen LogP contribution < -0.4 is 5.32 Å². The first kappa shape index (κ1) is 15.5. The predicted octanol–water partition coefficient (Wildman–Crippen LogP) is 0.912. The molecule has 0 aliphatic heterocycles. The van der Waals surface area contributed by atoms with Crippen LogP contribution in [-0.4, -0.2) is 48.7 Å². The molecule has 1 atom stereocenters. The summed E-state index contributed by atoms with van der Waals surface area (Å²) >= 11 is 0. The second kappa shape index (κ2) is 6.24. The van der Waals surface area contributed by atoms with E-state index in [2.05, 4.69) is 10.4 Å². The first-order valence-corrected chi connectivity index (χ1v) is 8.62. The number of aromatic nitrogens is 2. The van der Waals surface area contributed by atoms with E-state index in [1.807, 2.05) is 13.8 Å². The van der Waals surface area contributed by atoms with Crippen molar-refractivity contribution in [3.63, 3.8) is 0 Å². The van der Waals surface area contributed by atoms with Gasteiger partial charge in [-0.2, -0.15) is 9.40 Å². The van der Waals surface area contributed by atoms with Crippen LogP contribution in [0.3, 0.4) is 0 Å². The van der Waals surface area contributed by atoms with Gasteiger partial charge in [0.15, 0.2) is 0 Å². The third-order valence-electron chi connectivity index (χ3n) is 3.93. The molecule has 6 nitrogen and oxygen atoms in total. The molecule has 1 fully saturated rings. The van der Waals surface area contributed by atoms with Crippen molar-refractivity contribution in [3.8, 4) is 0 Å². The minimum absolute atomic E-state index is 0.0603. The quantitative estimate of drug-likeness (QED) is 0.725. The average Bonchev–Trinajstić information content (AvgIpc) is 3.16. The molecule has 1 unspecified atom stereocenters. The molecular formula is C13H24N4O2S. The molecule has 1 aliphatic rings. The molecule has 2 rings (SSSR count). The summed E-state index contributed by atoms with van der Waals surface area (Å²) in [5.41, 5.74) is 0. The van der Waals surface area contributed by atoms with Gasteiger partial charge in [-0.25, -0.2) is 8.42 Å². The van der Waals surface area contributed by atoms with Gasteiger partial charge in [-0.1, -0.05) is 6.92 Å². The van der Waals surface area contributed by atoms with Gasteiger partial charge in [-0.05, 0) is 32.2 Å². The zero-order valence-electron chi connectivity index (χ0n) is 12.4. The van der Waals surface area contributed by atoms with Crippen molar-refractivity contribution >= 4 is 10.0 Å². The van der Waals surface area contributed by atoms with Crippen molar-refractivity contribution in [1.82, 2.24) is 19.4 Å². The molecule has 0 radical (unpaired) electrons. The average molecular weight is 300 g/mol. The molecule has 1 N–H and O–H groups in total. The van der Waals surface area contributed by atoms with E-state index < -0.39 is 10.0 Å². The van der Waals surface area contributed by atoms with Gasteiger partial charge < -0.3 is 5.32 Å². The molecule has 20 heavy (non-hydrogen) atoms. The molecule has 0 bridgehead atoms. The summed E-state index contributed by atoms with van der Waals surface area (Å²) in [7, 11) is -1.76. The highest BCUT2D eigenvalue weighted by Gasteiger charge is 2.36. The maximum Gasteiger partial charge on any atom is 0.246 e. The summed E-state index contributed by atoms with van der Waals surface area (Å²) in [6, 6.07) is 0.0603. The van der Waals surface area contributed by atoms with Gasteiger partial charge >= 0.3 is 0 Å². The third-order valence-corrected chi connectivity index (χ3v) is 5.83. The van der Waals surface area contributed by atoms with Gasteiger partial charge in [0.2, 0.25) is 10.0 Å². The Morgan fingerprint density at radius 2 is 2.25 bits per heavy atom. The van der Waals surface area contributed by atoms with E-state index in [0.29, 0.717) is 12.5 Å². The highest BCUT2D eigenvalue weighted by Crippen LogP contribution is 2.36. The summed E-state index contributed by atoms with van der Waals surface area (Å²) in [6.45, 7) is 6.36. The van der Waals surface area contributed by atoms with Gasteiger partial charge in [0.1, 0.15) is 4.90 Å². The normalized spacial score (nSPS) is 17.6. The fourth-order valence-electron chi connectivity index (χ4n) is 2.23. The molecule has 1 heterocycles. The number of rotatable bonds is 8. The predicted molar refractivity (Wildman–Crippen MR) is 77.9 cm³/mol. The molecule has 7 heteroatoms. The number of sulfonamides is 1. The molecule has 0 spiro atoms. The zero-order chi connectivity index (χ0) is 14.8. The van der Waals surface area contributed by atoms with Crippen LogP contribution >= 0.6 is 0 Å². The summed E-state index contributed by atoms with van der Waals surface area (Å²) in [5, 5.41) is 7.32. The Balaban J connectivity index is 2.05. The molecule has 1 aromatic heterocycles. The number of nitrogens with one attached hydrogen (secondary N) is 1. The van der Waals surface area contributed by atoms with Crippen LogP contribution in [0.2, 0.25) is 0 Å². The highest BCUT2D eigenvalue weighted by molar-refractivity contribution is 7.89. The molecule has 1 aliphatic carbocycles. The van der Waals surface area contributed by atoms with E-state index in [1.165, 1.54) is 10.5 Å². The monoisotopic (exact) mass is 300 g/mol. The van der Waals surface area contributed by atoms with E-state index in [0.717, 1.165) is 25.9 Å². The Morgan fingerprint density at radius 1 is 1.55 bits per heavy atom. The van der Waals surface area contributed by atoms with Gasteiger partial charge in [-0.15, -0.1) is 0 Å². The fourth-order valence-corrected chi connectivity index (χ4v) is 3.61. The van der Waals surface area contributed by atoms with E-state index in [-0.39, 0.29) is 10.9 Å². The molecule has 0 saturated heterocycles. The molecule has 0 amide bonds. The van der Waals surface area contributed by atoms with Crippen molar-refractivity contribution in [2.75, 3.05) is 20.1 Å². The standard InChI is InChI=1S/C13H24N4O2S/c1-4-14-7-8-17-10-13(9-15-17)20(18,19)16(3)11(2)12-5-6-12/h9-12,14H,4-8H2,1-3H3. The highest BCUT2D eigenvalue weighted by atomic mass is 32.2. The van der Waals surface area contributed by atoms with Gasteiger partial charge in [0.25, 0.3) is 0 Å². The third kappa shape index (κ3) is 3.39. The van der Waals surface area contributed by atoms with Crippen LogP contribution in [-0.2, 0) is 16.6 Å². The lowest BCUT2D eigenvalue weighted by atomic mass is 10.2. The molecular weight excluding hydrogens is 276 g/mol. The van der Waals surface area contributed by atoms with Crippen LogP contribution in [0.25, 0.3) is 0 Å². The Hall–Kier alpha value is -0.920. The number of hydrogen-bond acceptors (Lipinski definition) is 4. The van der Waals surface area contributed by atoms with Gasteiger partial charge in [0.05, 0.1) is 12.7 Å². The Labute approximate surface area is 121 Å². The lowest BCUT2D eigenvalue weighted by molar-refractivity contribution is 0.357. The lowest BCUT2D eigenvalue weighted by Crippen LogP contribution is -2.36. The minimum Gasteiger partial charge on any atom is -0.315 e. The smallest absolute Gasteiger partial charge is 0.246 e. The second-order valence-corrected chi connectivity index (χ2v) is 7.39. The maximum absolute atomic E-state index is 12.5. The van der Waals surface area contributed by atoms with Gasteiger partial charge in [-0.3, -0.25) is 4.68 Å². The van der Waals surface area contributed by atoms with Crippen molar-refractivity contribution in [2.24, 2.45) is 5.92 Å². The Bertz CT molecular complexity index is 536. The summed E-state index contributed by atoms with van der Waals surface area (Å²) in [4.78, 5) is 0.281. The first-order chi connectivity index (χ1) is 9.46. The van der Waals surface area contributed by atoms with Crippen LogP contribution in [0.4, 0.5) is 0 Å². The molecule has 0 aromatic carbocycles. The van der Waals surface area contributed by atoms with Crippen LogP contribution in [0.1, 0.15) is 26.7 Å². The van der Waals surface area contributed by atoms with E-state index in [4.69, 9.17) is 0 Å². The SMILES string of the molecule is CCNCCn1cc(S(=O)(=O)N(C)C(C)C2CC2)cn1. The van der Waals surface area contributed by atoms with Crippen molar-refractivity contribution < 1.29 is 8.42 Å². The van der Waals surface area contributed by atoms with E-state index >= 15 is 0 Å². The zero-order valence-corrected chi connectivity index (χ0v) is 13.2. The first-order valence-electron chi connectivity index (χ1n) is 7.18. The second-order valence-electron chi connectivity index (χ2n) is 5.39. The topological polar surface area (TPSA) is 67.2 Å². The Kier molecular flexibility index (Phi) is 4.82. The lowest BCUT2D eigenvalue weighted by Gasteiger charge is -2.23. The van der Waals surface area contributed by atoms with E-state index in [9.17, 15) is 8.42 Å². The number of nitrogens with zero attached hydrogens (tertiary/aromatic N) is 3. The number of likely N-dealkylation sites (N-methyl/N-ethyl adjacent to an activating group) is 1. The summed E-state index contributed by atoms with van der Waals surface area (Å²) in [5.74, 6) is 0.513. The molecule has 1 aromatic rings. The van der Waals surface area contributed by atoms with Crippen molar-refractivity contribution in [2.45, 2.75) is 44.2 Å². The summed E-state index contributed by atoms with van der Waals surface area (Å²) in [6.07, 6.45) is 5.31. The van der Waals surface area contributed by atoms with Crippen molar-refractivity contribution in [3.05, 3.63) is 12.4 Å². The van der Waals surface area contributed by atoms with Crippen molar-refractivity contribution in [1.29, 1.82) is 0 Å². The van der Waals surface area contributed by atoms with Crippen LogP contribution in [0.5, 0.6) is 0 Å². The largest absolute Gasteiger partial charge is 0.315 e. The maximum atomic E-state index is 12.5.